The van der Waals surface area contributed by atoms with E-state index in [0.29, 0.717) is 25.3 Å². The second kappa shape index (κ2) is 4.84. The number of nitrogens with one attached hydrogen (secondary N) is 1. The molecule has 6 heteroatoms. The van der Waals surface area contributed by atoms with Gasteiger partial charge in [0.25, 0.3) is 0 Å². The summed E-state index contributed by atoms with van der Waals surface area (Å²) in [7, 11) is 0. The topological polar surface area (TPSA) is 32.3 Å². The van der Waals surface area contributed by atoms with Gasteiger partial charge in [0.15, 0.2) is 0 Å². The molecule has 3 nitrogen and oxygen atoms in total. The molecule has 1 atom stereocenters. The van der Waals surface area contributed by atoms with Crippen LogP contribution in [0.25, 0.3) is 0 Å². The van der Waals surface area contributed by atoms with E-state index < -0.39 is 12.1 Å². The predicted octanol–water partition coefficient (Wildman–Crippen LogP) is 1.40. The van der Waals surface area contributed by atoms with E-state index in [2.05, 4.69) is 5.32 Å². The lowest BCUT2D eigenvalue weighted by molar-refractivity contribution is -0.188. The number of carbonyl (C=O) groups is 1. The minimum atomic E-state index is -4.17. The number of piperidine rings is 1. The summed E-state index contributed by atoms with van der Waals surface area (Å²) >= 11 is 0. The van der Waals surface area contributed by atoms with Crippen LogP contribution in [0, 0.1) is 11.8 Å². The van der Waals surface area contributed by atoms with Crippen LogP contribution in [0.2, 0.25) is 0 Å². The predicted molar refractivity (Wildman–Crippen MR) is 56.3 cm³/mol. The van der Waals surface area contributed by atoms with Crippen molar-refractivity contribution >= 4 is 5.91 Å². The standard InChI is InChI=1S/C11H17F3N2O/c12-11(13,14)9-2-1-3-16(7-9)10(17)4-8-5-15-6-8/h8-9,15H,1-7H2. The van der Waals surface area contributed by atoms with Gasteiger partial charge in [0.05, 0.1) is 5.92 Å². The fraction of sp³-hybridized carbons (Fsp3) is 0.909. The van der Waals surface area contributed by atoms with Crippen molar-refractivity contribution in [1.29, 1.82) is 0 Å². The molecule has 2 aliphatic rings. The molecule has 98 valence electrons. The monoisotopic (exact) mass is 250 g/mol. The Bertz CT molecular complexity index is 289. The molecule has 0 spiro atoms. The highest BCUT2D eigenvalue weighted by Crippen LogP contribution is 2.33. The zero-order valence-corrected chi connectivity index (χ0v) is 9.59. The Kier molecular flexibility index (Phi) is 3.61. The first-order valence-corrected chi connectivity index (χ1v) is 6.02. The van der Waals surface area contributed by atoms with Gasteiger partial charge in [0, 0.05) is 19.5 Å². The molecule has 2 saturated heterocycles. The Balaban J connectivity index is 1.85. The molecule has 0 aromatic heterocycles. The van der Waals surface area contributed by atoms with E-state index in [9.17, 15) is 18.0 Å². The van der Waals surface area contributed by atoms with E-state index in [1.165, 1.54) is 4.90 Å². The van der Waals surface area contributed by atoms with Gasteiger partial charge in [0.1, 0.15) is 0 Å². The van der Waals surface area contributed by atoms with E-state index in [1.807, 2.05) is 0 Å². The summed E-state index contributed by atoms with van der Waals surface area (Å²) in [6.07, 6.45) is -3.17. The molecule has 0 radical (unpaired) electrons. The van der Waals surface area contributed by atoms with Gasteiger partial charge in [0.2, 0.25) is 5.91 Å². The van der Waals surface area contributed by atoms with Crippen molar-refractivity contribution in [2.75, 3.05) is 26.2 Å². The second-order valence-corrected chi connectivity index (χ2v) is 4.95. The number of amides is 1. The van der Waals surface area contributed by atoms with Gasteiger partial charge >= 0.3 is 6.18 Å². The molecule has 17 heavy (non-hydrogen) atoms. The van der Waals surface area contributed by atoms with E-state index in [0.717, 1.165) is 13.1 Å². The van der Waals surface area contributed by atoms with Gasteiger partial charge in [-0.25, -0.2) is 0 Å². The summed E-state index contributed by atoms with van der Waals surface area (Å²) in [5, 5.41) is 3.05. The van der Waals surface area contributed by atoms with E-state index in [1.54, 1.807) is 0 Å². The van der Waals surface area contributed by atoms with Crippen molar-refractivity contribution in [3.8, 4) is 0 Å². The Labute approximate surface area is 98.3 Å². The molecule has 2 rings (SSSR count). The molecule has 1 amide bonds. The first-order valence-electron chi connectivity index (χ1n) is 6.02. The summed E-state index contributed by atoms with van der Waals surface area (Å²) in [6.45, 7) is 1.94. The van der Waals surface area contributed by atoms with Gasteiger partial charge in [-0.2, -0.15) is 13.2 Å². The fourth-order valence-corrected chi connectivity index (χ4v) is 2.34. The highest BCUT2D eigenvalue weighted by molar-refractivity contribution is 5.76. The number of alkyl halides is 3. The number of nitrogens with zero attached hydrogens (tertiary/aromatic N) is 1. The maximum absolute atomic E-state index is 12.6. The van der Waals surface area contributed by atoms with Crippen LogP contribution in [-0.4, -0.2) is 43.2 Å². The van der Waals surface area contributed by atoms with E-state index in [4.69, 9.17) is 0 Å². The quantitative estimate of drug-likeness (QED) is 0.803. The van der Waals surface area contributed by atoms with Gasteiger partial charge < -0.3 is 10.2 Å². The lowest BCUT2D eigenvalue weighted by Gasteiger charge is -2.35. The van der Waals surface area contributed by atoms with E-state index in [-0.39, 0.29) is 18.9 Å². The minimum Gasteiger partial charge on any atom is -0.342 e. The normalized spacial score (nSPS) is 26.8. The highest BCUT2D eigenvalue weighted by atomic mass is 19.4. The Hall–Kier alpha value is -0.780. The zero-order valence-electron chi connectivity index (χ0n) is 9.59. The maximum atomic E-state index is 12.6. The van der Waals surface area contributed by atoms with Crippen LogP contribution in [0.5, 0.6) is 0 Å². The summed E-state index contributed by atoms with van der Waals surface area (Å²) in [5.41, 5.74) is 0. The molecule has 2 fully saturated rings. The summed E-state index contributed by atoms with van der Waals surface area (Å²) < 4.78 is 37.7. The number of halogens is 3. The number of hydrogen-bond acceptors (Lipinski definition) is 2. The van der Waals surface area contributed by atoms with Gasteiger partial charge in [-0.15, -0.1) is 0 Å². The Morgan fingerprint density at radius 2 is 2.06 bits per heavy atom. The van der Waals surface area contributed by atoms with Crippen LogP contribution in [0.3, 0.4) is 0 Å². The largest absolute Gasteiger partial charge is 0.393 e. The zero-order chi connectivity index (χ0) is 12.5. The SMILES string of the molecule is O=C(CC1CNC1)N1CCCC(C(F)(F)F)C1. The van der Waals surface area contributed by atoms with Gasteiger partial charge in [-0.05, 0) is 31.8 Å². The molecule has 0 bridgehead atoms. The molecule has 1 unspecified atom stereocenters. The number of rotatable bonds is 2. The van der Waals surface area contributed by atoms with Gasteiger partial charge in [-0.3, -0.25) is 4.79 Å². The molecule has 2 heterocycles. The molecule has 1 N–H and O–H groups in total. The van der Waals surface area contributed by atoms with Crippen LogP contribution < -0.4 is 5.32 Å². The third-order valence-electron chi connectivity index (χ3n) is 3.57. The maximum Gasteiger partial charge on any atom is 0.393 e. The molecule has 0 saturated carbocycles. The molecular weight excluding hydrogens is 233 g/mol. The van der Waals surface area contributed by atoms with Crippen LogP contribution in [0.15, 0.2) is 0 Å². The van der Waals surface area contributed by atoms with Crippen molar-refractivity contribution < 1.29 is 18.0 Å². The first kappa shape index (κ1) is 12.7. The number of hydrogen-bond donors (Lipinski definition) is 1. The summed E-state index contributed by atoms with van der Waals surface area (Å²) in [6, 6.07) is 0. The summed E-state index contributed by atoms with van der Waals surface area (Å²) in [4.78, 5) is 13.2. The molecule has 0 aromatic carbocycles. The van der Waals surface area contributed by atoms with E-state index >= 15 is 0 Å². The van der Waals surface area contributed by atoms with Crippen molar-refractivity contribution in [1.82, 2.24) is 10.2 Å². The third-order valence-corrected chi connectivity index (χ3v) is 3.57. The van der Waals surface area contributed by atoms with Crippen molar-refractivity contribution in [3.63, 3.8) is 0 Å². The average molecular weight is 250 g/mol. The molecule has 0 aliphatic carbocycles. The van der Waals surface area contributed by atoms with Crippen LogP contribution >= 0.6 is 0 Å². The second-order valence-electron chi connectivity index (χ2n) is 4.95. The lowest BCUT2D eigenvalue weighted by atomic mass is 9.94. The van der Waals surface area contributed by atoms with Crippen LogP contribution in [0.4, 0.5) is 13.2 Å². The molecule has 2 aliphatic heterocycles. The van der Waals surface area contributed by atoms with Crippen molar-refractivity contribution in [3.05, 3.63) is 0 Å². The number of carbonyl (C=O) groups excluding carboxylic acids is 1. The van der Waals surface area contributed by atoms with Gasteiger partial charge in [-0.1, -0.05) is 0 Å². The van der Waals surface area contributed by atoms with Crippen LogP contribution in [0.1, 0.15) is 19.3 Å². The Morgan fingerprint density at radius 3 is 2.59 bits per heavy atom. The highest BCUT2D eigenvalue weighted by Gasteiger charge is 2.42. The molecule has 0 aromatic rings. The molecular formula is C11H17F3N2O. The minimum absolute atomic E-state index is 0.120. The third kappa shape index (κ3) is 3.12. The summed E-state index contributed by atoms with van der Waals surface area (Å²) in [5.74, 6) is -1.14. The van der Waals surface area contributed by atoms with Crippen LogP contribution in [-0.2, 0) is 4.79 Å². The van der Waals surface area contributed by atoms with Crippen molar-refractivity contribution in [2.45, 2.75) is 25.4 Å². The number of likely N-dealkylation sites (tertiary alicyclic amines) is 1. The smallest absolute Gasteiger partial charge is 0.342 e. The first-order chi connectivity index (χ1) is 7.97. The lowest BCUT2D eigenvalue weighted by Crippen LogP contribution is -2.48. The van der Waals surface area contributed by atoms with Crippen molar-refractivity contribution in [2.24, 2.45) is 11.8 Å². The Morgan fingerprint density at radius 1 is 1.35 bits per heavy atom. The average Bonchev–Trinajstić information content (AvgIpc) is 2.22. The fourth-order valence-electron chi connectivity index (χ4n) is 2.34.